The third-order valence-corrected chi connectivity index (χ3v) is 3.59. The van der Waals surface area contributed by atoms with Crippen molar-refractivity contribution in [1.82, 2.24) is 19.6 Å². The van der Waals surface area contributed by atoms with Crippen LogP contribution in [0.3, 0.4) is 0 Å². The van der Waals surface area contributed by atoms with Gasteiger partial charge in [-0.15, -0.1) is 5.10 Å². The number of hydrogen-bond acceptors (Lipinski definition) is 5. The average molecular weight is 326 g/mol. The molecule has 8 nitrogen and oxygen atoms in total. The van der Waals surface area contributed by atoms with E-state index >= 15 is 0 Å². The SMILES string of the molecule is CC(C)C(=O)Nc1cn(CC(=O)n2ccc3cc(N)ccc32)nn1. The lowest BCUT2D eigenvalue weighted by molar-refractivity contribution is -0.118. The summed E-state index contributed by atoms with van der Waals surface area (Å²) in [4.78, 5) is 24.1. The fraction of sp³-hybridized carbons (Fsp3) is 0.250. The first kappa shape index (κ1) is 15.7. The Morgan fingerprint density at radius 3 is 2.83 bits per heavy atom. The summed E-state index contributed by atoms with van der Waals surface area (Å²) >= 11 is 0. The highest BCUT2D eigenvalue weighted by molar-refractivity contribution is 5.94. The van der Waals surface area contributed by atoms with Crippen molar-refractivity contribution < 1.29 is 9.59 Å². The van der Waals surface area contributed by atoms with E-state index in [-0.39, 0.29) is 24.3 Å². The summed E-state index contributed by atoms with van der Waals surface area (Å²) in [6, 6.07) is 7.20. The van der Waals surface area contributed by atoms with E-state index in [2.05, 4.69) is 15.6 Å². The summed E-state index contributed by atoms with van der Waals surface area (Å²) in [6.07, 6.45) is 3.23. The number of rotatable bonds is 4. The van der Waals surface area contributed by atoms with Crippen molar-refractivity contribution in [2.24, 2.45) is 5.92 Å². The molecule has 0 spiro atoms. The number of nitrogens with two attached hydrogens (primary N) is 1. The third kappa shape index (κ3) is 3.12. The van der Waals surface area contributed by atoms with E-state index in [4.69, 9.17) is 5.73 Å². The minimum Gasteiger partial charge on any atom is -0.399 e. The molecule has 0 unspecified atom stereocenters. The minimum atomic E-state index is -0.165. The number of fused-ring (bicyclic) bond motifs is 1. The number of aromatic nitrogens is 4. The summed E-state index contributed by atoms with van der Waals surface area (Å²) in [7, 11) is 0. The lowest BCUT2D eigenvalue weighted by atomic mass is 10.2. The van der Waals surface area contributed by atoms with Gasteiger partial charge in [-0.1, -0.05) is 19.1 Å². The van der Waals surface area contributed by atoms with Crippen molar-refractivity contribution in [1.29, 1.82) is 0 Å². The summed E-state index contributed by atoms with van der Waals surface area (Å²) in [5.41, 5.74) is 7.17. The molecule has 0 radical (unpaired) electrons. The Morgan fingerprint density at radius 1 is 1.29 bits per heavy atom. The van der Waals surface area contributed by atoms with Gasteiger partial charge < -0.3 is 11.1 Å². The molecule has 3 aromatic rings. The van der Waals surface area contributed by atoms with Crippen LogP contribution in [0, 0.1) is 5.92 Å². The second kappa shape index (κ2) is 6.15. The summed E-state index contributed by atoms with van der Waals surface area (Å²) < 4.78 is 2.93. The molecule has 2 heterocycles. The van der Waals surface area contributed by atoms with E-state index in [0.717, 1.165) is 10.9 Å². The van der Waals surface area contributed by atoms with E-state index in [1.807, 2.05) is 12.1 Å². The average Bonchev–Trinajstić information content (AvgIpc) is 3.13. The topological polar surface area (TPSA) is 108 Å². The smallest absolute Gasteiger partial charge is 0.252 e. The van der Waals surface area contributed by atoms with Gasteiger partial charge in [0, 0.05) is 23.2 Å². The molecule has 1 amide bonds. The molecule has 8 heteroatoms. The molecule has 1 aromatic carbocycles. The lowest BCUT2D eigenvalue weighted by Gasteiger charge is -2.04. The molecule has 0 aliphatic carbocycles. The van der Waals surface area contributed by atoms with Gasteiger partial charge in [0.25, 0.3) is 5.91 Å². The molecule has 0 bridgehead atoms. The second-order valence-electron chi connectivity index (χ2n) is 5.84. The summed E-state index contributed by atoms with van der Waals surface area (Å²) in [5, 5.41) is 11.3. The molecule has 2 aromatic heterocycles. The fourth-order valence-corrected chi connectivity index (χ4v) is 2.30. The number of benzene rings is 1. The predicted molar refractivity (Wildman–Crippen MR) is 90.5 cm³/mol. The Kier molecular flexibility index (Phi) is 4.03. The zero-order valence-electron chi connectivity index (χ0n) is 13.4. The zero-order valence-corrected chi connectivity index (χ0v) is 13.4. The highest BCUT2D eigenvalue weighted by Gasteiger charge is 2.13. The van der Waals surface area contributed by atoms with Gasteiger partial charge in [-0.05, 0) is 24.3 Å². The van der Waals surface area contributed by atoms with Crippen LogP contribution in [0.1, 0.15) is 18.6 Å². The highest BCUT2D eigenvalue weighted by atomic mass is 16.2. The maximum atomic E-state index is 12.5. The van der Waals surface area contributed by atoms with Gasteiger partial charge >= 0.3 is 0 Å². The van der Waals surface area contributed by atoms with Gasteiger partial charge in [-0.25, -0.2) is 4.68 Å². The number of nitrogen functional groups attached to an aromatic ring is 1. The molecule has 0 aliphatic heterocycles. The van der Waals surface area contributed by atoms with Crippen LogP contribution in [0.4, 0.5) is 11.5 Å². The summed E-state index contributed by atoms with van der Waals surface area (Å²) in [5.74, 6) is -0.147. The lowest BCUT2D eigenvalue weighted by Crippen LogP contribution is -2.18. The van der Waals surface area contributed by atoms with Gasteiger partial charge in [0.15, 0.2) is 5.82 Å². The van der Waals surface area contributed by atoms with E-state index in [9.17, 15) is 9.59 Å². The molecule has 0 fully saturated rings. The Hall–Kier alpha value is -3.16. The Bertz CT molecular complexity index is 908. The maximum Gasteiger partial charge on any atom is 0.252 e. The van der Waals surface area contributed by atoms with Gasteiger partial charge in [-0.3, -0.25) is 14.2 Å². The number of carbonyl (C=O) groups excluding carboxylic acids is 2. The van der Waals surface area contributed by atoms with Crippen molar-refractivity contribution >= 4 is 34.2 Å². The Balaban J connectivity index is 1.75. The Morgan fingerprint density at radius 2 is 2.08 bits per heavy atom. The minimum absolute atomic E-state index is 0.0126. The normalized spacial score (nSPS) is 11.1. The largest absolute Gasteiger partial charge is 0.399 e. The molecule has 3 N–H and O–H groups in total. The van der Waals surface area contributed by atoms with Gasteiger partial charge in [-0.2, -0.15) is 0 Å². The molecule has 24 heavy (non-hydrogen) atoms. The van der Waals surface area contributed by atoms with Crippen LogP contribution < -0.4 is 11.1 Å². The van der Waals surface area contributed by atoms with Crippen LogP contribution in [0.15, 0.2) is 36.7 Å². The third-order valence-electron chi connectivity index (χ3n) is 3.59. The van der Waals surface area contributed by atoms with Crippen molar-refractivity contribution in [3.8, 4) is 0 Å². The van der Waals surface area contributed by atoms with Crippen LogP contribution in [-0.2, 0) is 11.3 Å². The van der Waals surface area contributed by atoms with Crippen LogP contribution >= 0.6 is 0 Å². The molecular formula is C16H18N6O2. The number of amides is 1. The molecule has 0 aliphatic rings. The standard InChI is InChI=1S/C16H18N6O2/c1-10(2)16(24)18-14-8-21(20-19-14)9-15(23)22-6-5-11-7-12(17)3-4-13(11)22/h3-8,10H,9,17H2,1-2H3,(H,18,24). The van der Waals surface area contributed by atoms with Crippen molar-refractivity contribution in [2.75, 3.05) is 11.1 Å². The molecule has 0 atom stereocenters. The van der Waals surface area contributed by atoms with Crippen LogP contribution in [-0.4, -0.2) is 31.4 Å². The summed E-state index contributed by atoms with van der Waals surface area (Å²) in [6.45, 7) is 3.58. The number of hydrogen-bond donors (Lipinski definition) is 2. The van der Waals surface area contributed by atoms with E-state index < -0.39 is 0 Å². The van der Waals surface area contributed by atoms with Crippen molar-refractivity contribution in [3.05, 3.63) is 36.7 Å². The van der Waals surface area contributed by atoms with Gasteiger partial charge in [0.05, 0.1) is 11.7 Å². The zero-order chi connectivity index (χ0) is 17.3. The molecule has 124 valence electrons. The second-order valence-corrected chi connectivity index (χ2v) is 5.84. The Labute approximate surface area is 138 Å². The van der Waals surface area contributed by atoms with Crippen molar-refractivity contribution in [3.63, 3.8) is 0 Å². The molecule has 0 saturated heterocycles. The molecular weight excluding hydrogens is 308 g/mol. The molecule has 3 rings (SSSR count). The quantitative estimate of drug-likeness (QED) is 0.710. The maximum absolute atomic E-state index is 12.5. The van der Waals surface area contributed by atoms with Crippen LogP contribution in [0.2, 0.25) is 0 Å². The number of nitrogens with zero attached hydrogens (tertiary/aromatic N) is 4. The fourth-order valence-electron chi connectivity index (χ4n) is 2.30. The first-order chi connectivity index (χ1) is 11.4. The number of carbonyl (C=O) groups is 2. The molecule has 0 saturated carbocycles. The van der Waals surface area contributed by atoms with Crippen LogP contribution in [0.5, 0.6) is 0 Å². The number of nitrogens with one attached hydrogen (secondary N) is 1. The van der Waals surface area contributed by atoms with Crippen LogP contribution in [0.25, 0.3) is 10.9 Å². The van der Waals surface area contributed by atoms with Crippen molar-refractivity contribution in [2.45, 2.75) is 20.4 Å². The van der Waals surface area contributed by atoms with E-state index in [1.54, 1.807) is 36.7 Å². The monoisotopic (exact) mass is 326 g/mol. The predicted octanol–water partition coefficient (Wildman–Crippen LogP) is 1.75. The number of anilines is 2. The highest BCUT2D eigenvalue weighted by Crippen LogP contribution is 2.19. The van der Waals surface area contributed by atoms with E-state index in [1.165, 1.54) is 10.9 Å². The first-order valence-corrected chi connectivity index (χ1v) is 7.55. The van der Waals surface area contributed by atoms with E-state index in [0.29, 0.717) is 11.5 Å². The first-order valence-electron chi connectivity index (χ1n) is 7.55. The van der Waals surface area contributed by atoms with Gasteiger partial charge in [0.2, 0.25) is 5.91 Å². The van der Waals surface area contributed by atoms with Gasteiger partial charge in [0.1, 0.15) is 6.54 Å².